The number of rotatable bonds is 2. The van der Waals surface area contributed by atoms with Crippen LogP contribution < -0.4 is 5.32 Å². The van der Waals surface area contributed by atoms with Gasteiger partial charge in [0.15, 0.2) is 0 Å². The standard InChI is InChI=1S/C16H14F2N2O4/c1-6(2)11-7(17)5-8(18)12-13(11)16(24)20(15(12)23)9-3-4-10(21)19-14(9)22/h5-6,9H,3-4H2,1-2H3,(H,19,21,22)/t9-/m0/s1. The van der Waals surface area contributed by atoms with Gasteiger partial charge < -0.3 is 0 Å². The molecule has 1 aromatic rings. The van der Waals surface area contributed by atoms with Crippen molar-refractivity contribution in [2.24, 2.45) is 0 Å². The first kappa shape index (κ1) is 16.2. The minimum atomic E-state index is -1.21. The van der Waals surface area contributed by atoms with Crippen LogP contribution in [0.25, 0.3) is 0 Å². The summed E-state index contributed by atoms with van der Waals surface area (Å²) >= 11 is 0. The largest absolute Gasteiger partial charge is 0.295 e. The fourth-order valence-electron chi connectivity index (χ4n) is 3.18. The molecule has 0 bridgehead atoms. The summed E-state index contributed by atoms with van der Waals surface area (Å²) in [4.78, 5) is 49.0. The number of carbonyl (C=O) groups excluding carboxylic acids is 4. The van der Waals surface area contributed by atoms with E-state index in [0.29, 0.717) is 11.0 Å². The summed E-state index contributed by atoms with van der Waals surface area (Å²) in [6.45, 7) is 3.23. The van der Waals surface area contributed by atoms with Crippen molar-refractivity contribution in [2.45, 2.75) is 38.6 Å². The van der Waals surface area contributed by atoms with Crippen molar-refractivity contribution in [3.05, 3.63) is 34.4 Å². The number of nitrogens with zero attached hydrogens (tertiary/aromatic N) is 1. The van der Waals surface area contributed by atoms with E-state index < -0.39 is 52.8 Å². The van der Waals surface area contributed by atoms with Gasteiger partial charge in [-0.25, -0.2) is 8.78 Å². The highest BCUT2D eigenvalue weighted by atomic mass is 19.1. The van der Waals surface area contributed by atoms with E-state index in [4.69, 9.17) is 0 Å². The minimum absolute atomic E-state index is 0.0440. The van der Waals surface area contributed by atoms with Crippen LogP contribution >= 0.6 is 0 Å². The van der Waals surface area contributed by atoms with Crippen LogP contribution in [0.3, 0.4) is 0 Å². The highest BCUT2D eigenvalue weighted by molar-refractivity contribution is 6.24. The Morgan fingerprint density at radius 3 is 2.29 bits per heavy atom. The number of imide groups is 2. The van der Waals surface area contributed by atoms with E-state index >= 15 is 0 Å². The quantitative estimate of drug-likeness (QED) is 0.830. The highest BCUT2D eigenvalue weighted by Gasteiger charge is 2.47. The predicted molar refractivity (Wildman–Crippen MR) is 77.1 cm³/mol. The number of nitrogens with one attached hydrogen (secondary N) is 1. The molecule has 1 aromatic carbocycles. The van der Waals surface area contributed by atoms with Crippen LogP contribution in [0.4, 0.5) is 8.78 Å². The van der Waals surface area contributed by atoms with Crippen molar-refractivity contribution in [3.8, 4) is 0 Å². The first-order chi connectivity index (χ1) is 11.2. The normalized spacial score (nSPS) is 20.7. The summed E-state index contributed by atoms with van der Waals surface area (Å²) < 4.78 is 28.2. The maximum absolute atomic E-state index is 14.1. The lowest BCUT2D eigenvalue weighted by Gasteiger charge is -2.27. The van der Waals surface area contributed by atoms with Crippen LogP contribution in [0.5, 0.6) is 0 Å². The van der Waals surface area contributed by atoms with Gasteiger partial charge in [0.05, 0.1) is 11.1 Å². The molecule has 1 N–H and O–H groups in total. The Morgan fingerprint density at radius 2 is 1.71 bits per heavy atom. The maximum Gasteiger partial charge on any atom is 0.265 e. The van der Waals surface area contributed by atoms with Gasteiger partial charge in [-0.05, 0) is 12.3 Å². The molecule has 0 saturated carbocycles. The van der Waals surface area contributed by atoms with Crippen molar-refractivity contribution >= 4 is 23.6 Å². The number of hydrogen-bond acceptors (Lipinski definition) is 4. The SMILES string of the molecule is CC(C)c1c(F)cc(F)c2c1C(=O)N([C@H]1CCC(=O)NC1=O)C2=O. The van der Waals surface area contributed by atoms with Crippen LogP contribution in [0.2, 0.25) is 0 Å². The summed E-state index contributed by atoms with van der Waals surface area (Å²) in [7, 11) is 0. The summed E-state index contributed by atoms with van der Waals surface area (Å²) in [6.07, 6.45) is -0.0884. The second kappa shape index (κ2) is 5.47. The summed E-state index contributed by atoms with van der Waals surface area (Å²) in [5.74, 6) is -5.71. The van der Waals surface area contributed by atoms with E-state index in [1.807, 2.05) is 5.32 Å². The van der Waals surface area contributed by atoms with E-state index in [1.54, 1.807) is 13.8 Å². The molecule has 24 heavy (non-hydrogen) atoms. The van der Waals surface area contributed by atoms with Gasteiger partial charge in [0.25, 0.3) is 11.8 Å². The molecule has 1 fully saturated rings. The van der Waals surface area contributed by atoms with Crippen LogP contribution in [0.1, 0.15) is 58.9 Å². The van der Waals surface area contributed by atoms with Crippen LogP contribution in [0.15, 0.2) is 6.07 Å². The van der Waals surface area contributed by atoms with Crippen molar-refractivity contribution in [2.75, 3.05) is 0 Å². The Labute approximate surface area is 135 Å². The molecular weight excluding hydrogens is 322 g/mol. The first-order valence-electron chi connectivity index (χ1n) is 7.47. The molecule has 3 rings (SSSR count). The number of amides is 4. The highest BCUT2D eigenvalue weighted by Crippen LogP contribution is 2.36. The molecule has 0 aromatic heterocycles. The van der Waals surface area contributed by atoms with E-state index in [9.17, 15) is 28.0 Å². The third-order valence-electron chi connectivity index (χ3n) is 4.23. The molecule has 1 saturated heterocycles. The van der Waals surface area contributed by atoms with E-state index in [2.05, 4.69) is 0 Å². The van der Waals surface area contributed by atoms with Crippen molar-refractivity contribution in [1.82, 2.24) is 10.2 Å². The average Bonchev–Trinajstić information content (AvgIpc) is 2.72. The van der Waals surface area contributed by atoms with Gasteiger partial charge >= 0.3 is 0 Å². The molecule has 126 valence electrons. The van der Waals surface area contributed by atoms with Gasteiger partial charge in [0.2, 0.25) is 11.8 Å². The smallest absolute Gasteiger partial charge is 0.265 e. The molecule has 1 atom stereocenters. The maximum atomic E-state index is 14.1. The Kier molecular flexibility index (Phi) is 3.70. The average molecular weight is 336 g/mol. The number of hydrogen-bond donors (Lipinski definition) is 1. The molecule has 2 aliphatic rings. The Morgan fingerprint density at radius 1 is 1.08 bits per heavy atom. The molecule has 2 aliphatic heterocycles. The molecule has 0 unspecified atom stereocenters. The van der Waals surface area contributed by atoms with Gasteiger partial charge in [0, 0.05) is 18.1 Å². The molecular formula is C16H14F2N2O4. The van der Waals surface area contributed by atoms with Crippen molar-refractivity contribution < 1.29 is 28.0 Å². The number of carbonyl (C=O) groups is 4. The fourth-order valence-corrected chi connectivity index (χ4v) is 3.18. The second-order valence-corrected chi connectivity index (χ2v) is 6.11. The zero-order valence-corrected chi connectivity index (χ0v) is 13.0. The Bertz CT molecular complexity index is 804. The third kappa shape index (κ3) is 2.21. The number of halogens is 2. The lowest BCUT2D eigenvalue weighted by atomic mass is 9.93. The van der Waals surface area contributed by atoms with Gasteiger partial charge in [-0.15, -0.1) is 0 Å². The number of fused-ring (bicyclic) bond motifs is 1. The molecule has 0 aliphatic carbocycles. The van der Waals surface area contributed by atoms with Crippen LogP contribution in [-0.2, 0) is 9.59 Å². The van der Waals surface area contributed by atoms with Crippen LogP contribution in [0, 0.1) is 11.6 Å². The molecule has 2 heterocycles. The fraction of sp³-hybridized carbons (Fsp3) is 0.375. The Hall–Kier alpha value is -2.64. The van der Waals surface area contributed by atoms with Crippen LogP contribution in [-0.4, -0.2) is 34.6 Å². The molecule has 6 nitrogen and oxygen atoms in total. The summed E-state index contributed by atoms with van der Waals surface area (Å²) in [6, 6.07) is -0.634. The van der Waals surface area contributed by atoms with Gasteiger partial charge in [-0.3, -0.25) is 29.4 Å². The summed E-state index contributed by atoms with van der Waals surface area (Å²) in [5, 5.41) is 2.05. The molecule has 4 amide bonds. The minimum Gasteiger partial charge on any atom is -0.295 e. The lowest BCUT2D eigenvalue weighted by molar-refractivity contribution is -0.136. The van der Waals surface area contributed by atoms with Crippen molar-refractivity contribution in [1.29, 1.82) is 0 Å². The topological polar surface area (TPSA) is 83.6 Å². The molecule has 8 heteroatoms. The van der Waals surface area contributed by atoms with E-state index in [1.165, 1.54) is 0 Å². The van der Waals surface area contributed by atoms with Crippen molar-refractivity contribution in [3.63, 3.8) is 0 Å². The molecule has 0 radical (unpaired) electrons. The van der Waals surface area contributed by atoms with E-state index in [-0.39, 0.29) is 24.0 Å². The zero-order valence-electron chi connectivity index (χ0n) is 13.0. The number of piperidine rings is 1. The predicted octanol–water partition coefficient (Wildman–Crippen LogP) is 1.49. The van der Waals surface area contributed by atoms with Gasteiger partial charge in [-0.1, -0.05) is 13.8 Å². The van der Waals surface area contributed by atoms with Gasteiger partial charge in [-0.2, -0.15) is 0 Å². The van der Waals surface area contributed by atoms with E-state index in [0.717, 1.165) is 0 Å². The summed E-state index contributed by atoms with van der Waals surface area (Å²) in [5.41, 5.74) is -0.911. The van der Waals surface area contributed by atoms with Gasteiger partial charge in [0.1, 0.15) is 17.7 Å². The third-order valence-corrected chi connectivity index (χ3v) is 4.23. The zero-order chi connectivity index (χ0) is 17.8. The monoisotopic (exact) mass is 336 g/mol. The molecule has 0 spiro atoms. The number of benzene rings is 1. The first-order valence-corrected chi connectivity index (χ1v) is 7.47. The second-order valence-electron chi connectivity index (χ2n) is 6.11. The Balaban J connectivity index is 2.12. The lowest BCUT2D eigenvalue weighted by Crippen LogP contribution is -2.54.